The van der Waals surface area contributed by atoms with Crippen LogP contribution in [0.1, 0.15) is 10.4 Å². The fourth-order valence-corrected chi connectivity index (χ4v) is 2.98. The largest absolute Gasteiger partial charge is 0.307 e. The third-order valence-corrected chi connectivity index (χ3v) is 4.27. The van der Waals surface area contributed by atoms with Crippen LogP contribution in [-0.4, -0.2) is 33.6 Å². The SMILES string of the molecule is C=C/C=C\C(=NC)NC(=O)c1ccc(-c2nn(C)c3c(Cl)cncc23)cc1. The molecule has 27 heavy (non-hydrogen) atoms. The Morgan fingerprint density at radius 2 is 2.04 bits per heavy atom. The number of carbonyl (C=O) groups excluding carboxylic acids is 1. The number of nitrogens with one attached hydrogen (secondary N) is 1. The van der Waals surface area contributed by atoms with E-state index in [1.54, 1.807) is 54.5 Å². The Bertz CT molecular complexity index is 1060. The van der Waals surface area contributed by atoms with E-state index in [0.717, 1.165) is 22.2 Å². The molecule has 0 aliphatic heterocycles. The fourth-order valence-electron chi connectivity index (χ4n) is 2.70. The molecule has 136 valence electrons. The Morgan fingerprint density at radius 3 is 2.70 bits per heavy atom. The normalized spacial score (nSPS) is 11.9. The lowest BCUT2D eigenvalue weighted by Gasteiger charge is -2.05. The van der Waals surface area contributed by atoms with E-state index >= 15 is 0 Å². The van der Waals surface area contributed by atoms with Crippen LogP contribution in [0.3, 0.4) is 0 Å². The molecule has 0 saturated carbocycles. The minimum Gasteiger partial charge on any atom is -0.307 e. The molecule has 0 spiro atoms. The number of hydrogen-bond acceptors (Lipinski definition) is 4. The number of amidine groups is 1. The van der Waals surface area contributed by atoms with Crippen molar-refractivity contribution >= 4 is 34.2 Å². The first-order valence-electron chi connectivity index (χ1n) is 8.19. The lowest BCUT2D eigenvalue weighted by Crippen LogP contribution is -2.29. The Labute approximate surface area is 161 Å². The maximum atomic E-state index is 12.4. The molecule has 0 fully saturated rings. The van der Waals surface area contributed by atoms with Gasteiger partial charge in [-0.2, -0.15) is 5.10 Å². The molecule has 1 amide bonds. The Balaban J connectivity index is 1.88. The van der Waals surface area contributed by atoms with Crippen LogP contribution in [0.15, 0.2) is 66.5 Å². The number of nitrogens with zero attached hydrogens (tertiary/aromatic N) is 4. The third kappa shape index (κ3) is 3.80. The molecule has 6 nitrogen and oxygen atoms in total. The molecule has 0 unspecified atom stereocenters. The summed E-state index contributed by atoms with van der Waals surface area (Å²) in [7, 11) is 3.44. The number of hydrogen-bond donors (Lipinski definition) is 1. The molecule has 7 heteroatoms. The highest BCUT2D eigenvalue weighted by molar-refractivity contribution is 6.35. The number of aliphatic imine (C=N–C) groups is 1. The number of halogens is 1. The van der Waals surface area contributed by atoms with Crippen LogP contribution < -0.4 is 5.32 Å². The van der Waals surface area contributed by atoms with E-state index < -0.39 is 0 Å². The first-order chi connectivity index (χ1) is 13.0. The van der Waals surface area contributed by atoms with Crippen LogP contribution >= 0.6 is 11.6 Å². The van der Waals surface area contributed by atoms with Crippen molar-refractivity contribution in [1.29, 1.82) is 0 Å². The van der Waals surface area contributed by atoms with Gasteiger partial charge in [-0.15, -0.1) is 0 Å². The number of aromatic nitrogens is 3. The van der Waals surface area contributed by atoms with E-state index in [1.165, 1.54) is 0 Å². The van der Waals surface area contributed by atoms with E-state index in [0.29, 0.717) is 16.4 Å². The second-order valence-corrected chi connectivity index (χ2v) is 6.13. The zero-order valence-electron chi connectivity index (χ0n) is 15.0. The lowest BCUT2D eigenvalue weighted by molar-refractivity contribution is 0.0977. The van der Waals surface area contributed by atoms with Crippen molar-refractivity contribution in [3.8, 4) is 11.3 Å². The highest BCUT2D eigenvalue weighted by Crippen LogP contribution is 2.30. The van der Waals surface area contributed by atoms with Crippen LogP contribution in [0.4, 0.5) is 0 Å². The molecular weight excluding hydrogens is 362 g/mol. The smallest absolute Gasteiger partial charge is 0.256 e. The molecule has 0 atom stereocenters. The van der Waals surface area contributed by atoms with Crippen LogP contribution in [-0.2, 0) is 7.05 Å². The van der Waals surface area contributed by atoms with Gasteiger partial charge in [0.25, 0.3) is 5.91 Å². The Kier molecular flexibility index (Phi) is 5.47. The maximum absolute atomic E-state index is 12.4. The fraction of sp³-hybridized carbons (Fsp3) is 0.100. The Hall–Kier alpha value is -3.25. The zero-order valence-corrected chi connectivity index (χ0v) is 15.7. The maximum Gasteiger partial charge on any atom is 0.256 e. The number of fused-ring (bicyclic) bond motifs is 1. The summed E-state index contributed by atoms with van der Waals surface area (Å²) in [5, 5.41) is 8.70. The van der Waals surface area contributed by atoms with Gasteiger partial charge >= 0.3 is 0 Å². The van der Waals surface area contributed by atoms with Gasteiger partial charge < -0.3 is 5.32 Å². The van der Waals surface area contributed by atoms with E-state index in [4.69, 9.17) is 11.6 Å². The first-order valence-corrected chi connectivity index (χ1v) is 8.57. The molecule has 0 bridgehead atoms. The van der Waals surface area contributed by atoms with Crippen LogP contribution in [0, 0.1) is 0 Å². The van der Waals surface area contributed by atoms with Crippen molar-refractivity contribution in [2.75, 3.05) is 7.05 Å². The van der Waals surface area contributed by atoms with Gasteiger partial charge in [0.05, 0.1) is 10.5 Å². The third-order valence-electron chi connectivity index (χ3n) is 3.99. The summed E-state index contributed by atoms with van der Waals surface area (Å²) in [6, 6.07) is 7.18. The molecule has 1 N–H and O–H groups in total. The molecular formula is C20H18ClN5O. The average molecular weight is 380 g/mol. The standard InChI is InChI=1S/C20H18ClN5O/c1-4-5-6-17(22-2)24-20(27)14-9-7-13(8-10-14)18-15-11-23-12-16(21)19(15)26(3)25-18/h4-12H,1H2,2-3H3,(H,22,24,27)/b6-5-. The van der Waals surface area contributed by atoms with Crippen molar-refractivity contribution in [3.63, 3.8) is 0 Å². The summed E-state index contributed by atoms with van der Waals surface area (Å²) in [6.45, 7) is 3.60. The van der Waals surface area contributed by atoms with Gasteiger partial charge in [-0.1, -0.05) is 42.5 Å². The van der Waals surface area contributed by atoms with Crippen LogP contribution in [0.5, 0.6) is 0 Å². The minimum atomic E-state index is -0.244. The topological polar surface area (TPSA) is 72.2 Å². The molecule has 0 radical (unpaired) electrons. The number of carbonyl (C=O) groups is 1. The number of aryl methyl sites for hydroxylation is 1. The monoisotopic (exact) mass is 379 g/mol. The summed E-state index contributed by atoms with van der Waals surface area (Å²) >= 11 is 6.23. The quantitative estimate of drug-likeness (QED) is 0.426. The lowest BCUT2D eigenvalue weighted by atomic mass is 10.1. The van der Waals surface area contributed by atoms with Gasteiger partial charge in [0.1, 0.15) is 11.5 Å². The van der Waals surface area contributed by atoms with Crippen molar-refractivity contribution in [2.24, 2.45) is 12.0 Å². The van der Waals surface area contributed by atoms with E-state index in [2.05, 4.69) is 27.0 Å². The predicted molar refractivity (Wildman–Crippen MR) is 109 cm³/mol. The summed E-state index contributed by atoms with van der Waals surface area (Å²) in [6.07, 6.45) is 8.33. The molecule has 0 aliphatic carbocycles. The molecule has 0 saturated heterocycles. The first kappa shape index (κ1) is 18.5. The number of amides is 1. The van der Waals surface area contributed by atoms with Gasteiger partial charge in [0, 0.05) is 43.0 Å². The highest BCUT2D eigenvalue weighted by Gasteiger charge is 2.14. The van der Waals surface area contributed by atoms with Crippen molar-refractivity contribution in [2.45, 2.75) is 0 Å². The van der Waals surface area contributed by atoms with Gasteiger partial charge in [0.2, 0.25) is 0 Å². The van der Waals surface area contributed by atoms with Gasteiger partial charge in [-0.3, -0.25) is 19.5 Å². The minimum absolute atomic E-state index is 0.244. The zero-order chi connectivity index (χ0) is 19.4. The van der Waals surface area contributed by atoms with Crippen molar-refractivity contribution < 1.29 is 4.79 Å². The van der Waals surface area contributed by atoms with Crippen LogP contribution in [0.25, 0.3) is 22.2 Å². The van der Waals surface area contributed by atoms with E-state index in [9.17, 15) is 4.79 Å². The van der Waals surface area contributed by atoms with Gasteiger partial charge in [-0.25, -0.2) is 0 Å². The molecule has 1 aromatic carbocycles. The second-order valence-electron chi connectivity index (χ2n) is 5.72. The highest BCUT2D eigenvalue weighted by atomic mass is 35.5. The van der Waals surface area contributed by atoms with Gasteiger partial charge in [-0.05, 0) is 18.2 Å². The predicted octanol–water partition coefficient (Wildman–Crippen LogP) is 3.79. The number of rotatable bonds is 4. The number of pyridine rings is 1. The molecule has 0 aliphatic rings. The average Bonchev–Trinajstić information content (AvgIpc) is 3.03. The summed E-state index contributed by atoms with van der Waals surface area (Å²) in [5.41, 5.74) is 2.97. The summed E-state index contributed by atoms with van der Waals surface area (Å²) in [4.78, 5) is 20.6. The number of benzene rings is 1. The summed E-state index contributed by atoms with van der Waals surface area (Å²) in [5.74, 6) is 0.215. The summed E-state index contributed by atoms with van der Waals surface area (Å²) < 4.78 is 1.73. The van der Waals surface area contributed by atoms with Crippen molar-refractivity contribution in [1.82, 2.24) is 20.1 Å². The van der Waals surface area contributed by atoms with Crippen molar-refractivity contribution in [3.05, 3.63) is 72.1 Å². The van der Waals surface area contributed by atoms with Gasteiger partial charge in [0.15, 0.2) is 0 Å². The molecule has 3 rings (SSSR count). The molecule has 2 aromatic heterocycles. The molecule has 3 aromatic rings. The van der Waals surface area contributed by atoms with E-state index in [-0.39, 0.29) is 5.91 Å². The van der Waals surface area contributed by atoms with Crippen LogP contribution in [0.2, 0.25) is 5.02 Å². The number of allylic oxidation sites excluding steroid dienone is 2. The van der Waals surface area contributed by atoms with E-state index in [1.807, 2.05) is 19.2 Å². The second kappa shape index (κ2) is 7.97. The molecule has 2 heterocycles. The Morgan fingerprint density at radius 1 is 1.30 bits per heavy atom.